The summed E-state index contributed by atoms with van der Waals surface area (Å²) in [6.45, 7) is 0. The monoisotopic (exact) mass is 292 g/mol. The maximum absolute atomic E-state index is 6.12. The van der Waals surface area contributed by atoms with Crippen molar-refractivity contribution in [3.8, 4) is 0 Å². The minimum absolute atomic E-state index is 0.0163. The van der Waals surface area contributed by atoms with Gasteiger partial charge in [-0.15, -0.1) is 0 Å². The zero-order valence-corrected chi connectivity index (χ0v) is 13.0. The van der Waals surface area contributed by atoms with E-state index in [0.29, 0.717) is 0 Å². The van der Waals surface area contributed by atoms with Crippen LogP contribution < -0.4 is 11.5 Å². The molecule has 3 aromatic rings. The summed E-state index contributed by atoms with van der Waals surface area (Å²) < 4.78 is 0. The molecule has 0 saturated carbocycles. The van der Waals surface area contributed by atoms with Gasteiger partial charge in [-0.2, -0.15) is 0 Å². The van der Waals surface area contributed by atoms with Crippen LogP contribution in [0.15, 0.2) is 97.1 Å². The fourth-order valence-electron chi connectivity index (χ4n) is 1.90. The summed E-state index contributed by atoms with van der Waals surface area (Å²) in [5, 5.41) is 0. The van der Waals surface area contributed by atoms with Crippen molar-refractivity contribution in [1.82, 2.24) is 0 Å². The molecule has 0 fully saturated rings. The van der Waals surface area contributed by atoms with Gasteiger partial charge in [0.15, 0.2) is 0 Å². The van der Waals surface area contributed by atoms with Crippen LogP contribution in [0.1, 0.15) is 17.2 Å². The smallest absolute Gasteiger partial charge is 0.0551 e. The zero-order valence-electron chi connectivity index (χ0n) is 13.0. The van der Waals surface area contributed by atoms with Crippen molar-refractivity contribution in [2.75, 3.05) is 7.05 Å². The summed E-state index contributed by atoms with van der Waals surface area (Å²) in [6.07, 6.45) is 0. The average Bonchev–Trinajstić information content (AvgIpc) is 2.66. The Bertz CT molecular complexity index is 514. The molecule has 3 aromatic carbocycles. The van der Waals surface area contributed by atoms with E-state index in [-0.39, 0.29) is 6.04 Å². The first-order valence-electron chi connectivity index (χ1n) is 7.31. The summed E-state index contributed by atoms with van der Waals surface area (Å²) in [5.74, 6) is 0. The van der Waals surface area contributed by atoms with Gasteiger partial charge in [0.1, 0.15) is 0 Å². The molecule has 22 heavy (non-hydrogen) atoms. The quantitative estimate of drug-likeness (QED) is 0.750. The Morgan fingerprint density at radius 3 is 1.00 bits per heavy atom. The Labute approximate surface area is 133 Å². The summed E-state index contributed by atoms with van der Waals surface area (Å²) >= 11 is 0. The van der Waals surface area contributed by atoms with Crippen LogP contribution in [-0.4, -0.2) is 7.05 Å². The molecule has 0 aliphatic heterocycles. The minimum atomic E-state index is -0.0163. The van der Waals surface area contributed by atoms with E-state index in [1.165, 1.54) is 7.05 Å². The van der Waals surface area contributed by atoms with Crippen molar-refractivity contribution in [2.45, 2.75) is 6.04 Å². The lowest BCUT2D eigenvalue weighted by Crippen LogP contribution is -2.11. The van der Waals surface area contributed by atoms with E-state index in [9.17, 15) is 0 Å². The molecule has 0 aliphatic rings. The Morgan fingerprint density at radius 1 is 0.500 bits per heavy atom. The van der Waals surface area contributed by atoms with E-state index in [1.54, 1.807) is 0 Å². The van der Waals surface area contributed by atoms with Gasteiger partial charge in [-0.1, -0.05) is 97.1 Å². The van der Waals surface area contributed by atoms with Crippen LogP contribution >= 0.6 is 0 Å². The minimum Gasteiger partial charge on any atom is -0.333 e. The zero-order chi connectivity index (χ0) is 16.0. The van der Waals surface area contributed by atoms with E-state index < -0.39 is 0 Å². The molecule has 0 bridgehead atoms. The molecule has 0 amide bonds. The van der Waals surface area contributed by atoms with E-state index >= 15 is 0 Å². The number of rotatable bonds is 2. The van der Waals surface area contributed by atoms with Gasteiger partial charge in [0, 0.05) is 0 Å². The standard InChI is InChI=1S/C13H13N.C6H6.CH5N/c14-13(11-7-3-1-4-8-11)12-9-5-2-6-10-12;1-2-4-6-5-3-1;1-2/h1-10,13H,14H2;1-6H;2H2,1H3. The van der Waals surface area contributed by atoms with Crippen LogP contribution in [0.25, 0.3) is 0 Å². The summed E-state index contributed by atoms with van der Waals surface area (Å²) in [7, 11) is 1.50. The maximum Gasteiger partial charge on any atom is 0.0551 e. The van der Waals surface area contributed by atoms with E-state index in [4.69, 9.17) is 5.73 Å². The molecule has 0 unspecified atom stereocenters. The fraction of sp³-hybridized carbons (Fsp3) is 0.100. The molecule has 0 saturated heterocycles. The van der Waals surface area contributed by atoms with Crippen molar-refractivity contribution in [3.63, 3.8) is 0 Å². The van der Waals surface area contributed by atoms with Crippen LogP contribution in [-0.2, 0) is 0 Å². The second-order valence-electron chi connectivity index (χ2n) is 4.45. The van der Waals surface area contributed by atoms with Gasteiger partial charge in [0.25, 0.3) is 0 Å². The molecular formula is C20H24N2. The molecule has 3 rings (SSSR count). The van der Waals surface area contributed by atoms with Gasteiger partial charge in [0.05, 0.1) is 6.04 Å². The first-order chi connectivity index (χ1) is 10.9. The molecule has 0 heterocycles. The second-order valence-corrected chi connectivity index (χ2v) is 4.45. The van der Waals surface area contributed by atoms with Crippen molar-refractivity contribution >= 4 is 0 Å². The summed E-state index contributed by atoms with van der Waals surface area (Å²) in [5.41, 5.74) is 12.9. The number of hydrogen-bond donors (Lipinski definition) is 2. The Morgan fingerprint density at radius 2 is 0.727 bits per heavy atom. The topological polar surface area (TPSA) is 52.0 Å². The average molecular weight is 292 g/mol. The Hall–Kier alpha value is -2.42. The fourth-order valence-corrected chi connectivity index (χ4v) is 1.90. The predicted octanol–water partition coefficient (Wildman–Crippen LogP) is 4.00. The number of benzene rings is 3. The third-order valence-electron chi connectivity index (χ3n) is 2.98. The van der Waals surface area contributed by atoms with E-state index in [0.717, 1.165) is 11.1 Å². The number of nitrogens with two attached hydrogens (primary N) is 2. The second kappa shape index (κ2) is 11.3. The molecule has 4 N–H and O–H groups in total. The molecule has 0 aromatic heterocycles. The van der Waals surface area contributed by atoms with Gasteiger partial charge in [0.2, 0.25) is 0 Å². The van der Waals surface area contributed by atoms with Crippen LogP contribution in [0.4, 0.5) is 0 Å². The van der Waals surface area contributed by atoms with Gasteiger partial charge in [-0.05, 0) is 18.2 Å². The van der Waals surface area contributed by atoms with Gasteiger partial charge < -0.3 is 11.5 Å². The molecule has 114 valence electrons. The van der Waals surface area contributed by atoms with Crippen LogP contribution in [0.5, 0.6) is 0 Å². The van der Waals surface area contributed by atoms with Crippen molar-refractivity contribution < 1.29 is 0 Å². The van der Waals surface area contributed by atoms with Crippen molar-refractivity contribution in [1.29, 1.82) is 0 Å². The molecule has 0 aliphatic carbocycles. The molecule has 2 nitrogen and oxygen atoms in total. The Kier molecular flexibility index (Phi) is 9.03. The molecule has 2 heteroatoms. The Balaban J connectivity index is 0.000000253. The molecule has 0 atom stereocenters. The van der Waals surface area contributed by atoms with Crippen molar-refractivity contribution in [3.05, 3.63) is 108 Å². The highest BCUT2D eigenvalue weighted by atomic mass is 14.6. The third kappa shape index (κ3) is 6.35. The third-order valence-corrected chi connectivity index (χ3v) is 2.98. The number of hydrogen-bond acceptors (Lipinski definition) is 2. The predicted molar refractivity (Wildman–Crippen MR) is 95.5 cm³/mol. The first kappa shape index (κ1) is 17.6. The van der Waals surface area contributed by atoms with Crippen LogP contribution in [0.3, 0.4) is 0 Å². The maximum atomic E-state index is 6.12. The highest BCUT2D eigenvalue weighted by molar-refractivity contribution is 5.30. The lowest BCUT2D eigenvalue weighted by molar-refractivity contribution is 0.871. The summed E-state index contributed by atoms with van der Waals surface area (Å²) in [4.78, 5) is 0. The first-order valence-corrected chi connectivity index (χ1v) is 7.31. The van der Waals surface area contributed by atoms with Gasteiger partial charge in [-0.3, -0.25) is 0 Å². The molecular weight excluding hydrogens is 268 g/mol. The van der Waals surface area contributed by atoms with Crippen molar-refractivity contribution in [2.24, 2.45) is 11.5 Å². The van der Waals surface area contributed by atoms with E-state index in [1.807, 2.05) is 72.8 Å². The lowest BCUT2D eigenvalue weighted by Gasteiger charge is -2.11. The van der Waals surface area contributed by atoms with Gasteiger partial charge >= 0.3 is 0 Å². The SMILES string of the molecule is CN.NC(c1ccccc1)c1ccccc1.c1ccccc1. The van der Waals surface area contributed by atoms with Crippen LogP contribution in [0, 0.1) is 0 Å². The highest BCUT2D eigenvalue weighted by Gasteiger charge is 2.06. The molecule has 0 spiro atoms. The normalized spacial score (nSPS) is 9.09. The lowest BCUT2D eigenvalue weighted by atomic mass is 10.00. The van der Waals surface area contributed by atoms with E-state index in [2.05, 4.69) is 30.0 Å². The molecule has 0 radical (unpaired) electrons. The summed E-state index contributed by atoms with van der Waals surface area (Å²) in [6, 6.07) is 32.2. The largest absolute Gasteiger partial charge is 0.333 e. The van der Waals surface area contributed by atoms with Crippen LogP contribution in [0.2, 0.25) is 0 Å². The highest BCUT2D eigenvalue weighted by Crippen LogP contribution is 2.18. The van der Waals surface area contributed by atoms with Gasteiger partial charge in [-0.25, -0.2) is 0 Å².